The van der Waals surface area contributed by atoms with Crippen LogP contribution in [0.4, 0.5) is 0 Å². The summed E-state index contributed by atoms with van der Waals surface area (Å²) in [6, 6.07) is 0. The average Bonchev–Trinajstić information content (AvgIpc) is 1.38. The fraction of sp³-hybridized carbons (Fsp3) is 0.500. The highest BCUT2D eigenvalue weighted by atomic mass is 32.1. The molecule has 0 aliphatic heterocycles. The number of nitrogens with zero attached hydrogens (tertiary/aromatic N) is 1. The van der Waals surface area contributed by atoms with Crippen molar-refractivity contribution in [1.82, 2.24) is 5.06 Å². The van der Waals surface area contributed by atoms with Crippen molar-refractivity contribution in [3.05, 3.63) is 5.21 Å². The van der Waals surface area contributed by atoms with Gasteiger partial charge in [0.2, 0.25) is 0 Å². The van der Waals surface area contributed by atoms with Crippen LogP contribution in [0.25, 0.3) is 0 Å². The molecule has 0 aliphatic rings. The maximum atomic E-state index is 9.57. The van der Waals surface area contributed by atoms with Gasteiger partial charge in [-0.3, -0.25) is 0 Å². The zero-order valence-corrected chi connectivity index (χ0v) is 3.66. The van der Waals surface area contributed by atoms with E-state index in [1.165, 1.54) is 7.05 Å². The molecule has 0 heterocycles. The zero-order chi connectivity index (χ0) is 4.28. The molecule has 0 N–H and O–H groups in total. The minimum atomic E-state index is 0.565. The average molecular weight is 90.1 g/mol. The van der Waals surface area contributed by atoms with Crippen LogP contribution in [0, 0.1) is 5.21 Å². The molecule has 30 valence electrons. The molecule has 0 aromatic heterocycles. The summed E-state index contributed by atoms with van der Waals surface area (Å²) in [6.07, 6.45) is 0. The van der Waals surface area contributed by atoms with E-state index in [0.29, 0.717) is 5.06 Å². The fourth-order valence-electron chi connectivity index (χ4n) is 0. The van der Waals surface area contributed by atoms with Gasteiger partial charge in [-0.15, -0.1) is 0 Å². The number of thiocarbonyl (C=S) groups is 1. The Labute approximate surface area is 36.0 Å². The molecule has 0 rings (SSSR count). The lowest BCUT2D eigenvalue weighted by molar-refractivity contribution is 0.729. The minimum absolute atomic E-state index is 0.565. The van der Waals surface area contributed by atoms with Crippen LogP contribution < -0.4 is 0 Å². The Bertz CT molecular complexity index is 36.6. The molecule has 0 aromatic carbocycles. The second kappa shape index (κ2) is 2.11. The third-order valence-corrected chi connectivity index (χ3v) is 0.445. The molecule has 0 aliphatic carbocycles. The Morgan fingerprint density at radius 3 is 2.20 bits per heavy atom. The lowest BCUT2D eigenvalue weighted by atomic mass is 11.2. The van der Waals surface area contributed by atoms with Crippen molar-refractivity contribution < 1.29 is 0 Å². The quantitative estimate of drug-likeness (QED) is 0.344. The summed E-state index contributed by atoms with van der Waals surface area (Å²) in [5.41, 5.74) is 1.03. The van der Waals surface area contributed by atoms with E-state index in [1.54, 1.807) is 0 Å². The second-order valence-corrected chi connectivity index (χ2v) is 0.862. The SMILES string of the molecule is CN([O-])C=S. The normalized spacial score (nSPS) is 6.80. The highest BCUT2D eigenvalue weighted by Gasteiger charge is 1.52. The van der Waals surface area contributed by atoms with Gasteiger partial charge in [0.05, 0.1) is 5.49 Å². The summed E-state index contributed by atoms with van der Waals surface area (Å²) >= 11 is 4.16. The topological polar surface area (TPSA) is 26.3 Å². The first-order chi connectivity index (χ1) is 2.27. The van der Waals surface area contributed by atoms with Gasteiger partial charge in [0.25, 0.3) is 0 Å². The summed E-state index contributed by atoms with van der Waals surface area (Å²) in [5.74, 6) is 0. The van der Waals surface area contributed by atoms with Crippen LogP contribution in [-0.2, 0) is 0 Å². The molecule has 0 fully saturated rings. The number of rotatable bonds is 1. The van der Waals surface area contributed by atoms with Gasteiger partial charge < -0.3 is 10.3 Å². The van der Waals surface area contributed by atoms with Crippen LogP contribution in [0.1, 0.15) is 0 Å². The van der Waals surface area contributed by atoms with E-state index >= 15 is 0 Å². The molecule has 3 heteroatoms. The first-order valence-electron chi connectivity index (χ1n) is 1.12. The molecule has 0 unspecified atom stereocenters. The van der Waals surface area contributed by atoms with Crippen LogP contribution >= 0.6 is 12.2 Å². The highest BCUT2D eigenvalue weighted by Crippen LogP contribution is 1.61. The smallest absolute Gasteiger partial charge is 0.0531 e. The van der Waals surface area contributed by atoms with E-state index in [1.807, 2.05) is 0 Å². The standard InChI is InChI=1S/C2H4NOS/c1-3(4)2-5/h2H,1H3/q-1. The van der Waals surface area contributed by atoms with Crippen LogP contribution in [0.2, 0.25) is 0 Å². The zero-order valence-electron chi connectivity index (χ0n) is 2.84. The summed E-state index contributed by atoms with van der Waals surface area (Å²) in [7, 11) is 1.34. The van der Waals surface area contributed by atoms with Gasteiger partial charge in [0.1, 0.15) is 0 Å². The molecule has 0 spiro atoms. The first-order valence-corrected chi connectivity index (χ1v) is 1.60. The van der Waals surface area contributed by atoms with Gasteiger partial charge in [0.15, 0.2) is 0 Å². The van der Waals surface area contributed by atoms with Gasteiger partial charge in [-0.1, -0.05) is 12.2 Å². The number of hydrogen-bond acceptors (Lipinski definition) is 2. The fourth-order valence-corrected chi connectivity index (χ4v) is 0. The minimum Gasteiger partial charge on any atom is -0.758 e. The van der Waals surface area contributed by atoms with Crippen molar-refractivity contribution in [2.24, 2.45) is 0 Å². The van der Waals surface area contributed by atoms with E-state index in [9.17, 15) is 5.21 Å². The lowest BCUT2D eigenvalue weighted by Crippen LogP contribution is -2.01. The predicted octanol–water partition coefficient (Wildman–Crippen LogP) is 0.373. The molecular formula is C2H4NOS-. The van der Waals surface area contributed by atoms with Crippen molar-refractivity contribution in [1.29, 1.82) is 0 Å². The summed E-state index contributed by atoms with van der Waals surface area (Å²) in [6.45, 7) is 0. The van der Waals surface area contributed by atoms with E-state index in [-0.39, 0.29) is 0 Å². The van der Waals surface area contributed by atoms with Crippen molar-refractivity contribution in [3.8, 4) is 0 Å². The first kappa shape index (κ1) is 4.85. The van der Waals surface area contributed by atoms with Crippen LogP contribution in [0.15, 0.2) is 0 Å². The Kier molecular flexibility index (Phi) is 2.05. The van der Waals surface area contributed by atoms with Gasteiger partial charge in [-0.25, -0.2) is 0 Å². The molecular weight excluding hydrogens is 86.1 g/mol. The summed E-state index contributed by atoms with van der Waals surface area (Å²) in [4.78, 5) is 0. The second-order valence-electron chi connectivity index (χ2n) is 0.652. The summed E-state index contributed by atoms with van der Waals surface area (Å²) in [5, 5.41) is 10.1. The molecule has 0 bridgehead atoms. The van der Waals surface area contributed by atoms with Crippen molar-refractivity contribution in [2.75, 3.05) is 7.05 Å². The Balaban J connectivity index is 2.83. The maximum absolute atomic E-state index is 9.57. The molecule has 0 atom stereocenters. The monoisotopic (exact) mass is 90.0 g/mol. The van der Waals surface area contributed by atoms with Gasteiger partial charge in [0, 0.05) is 0 Å². The van der Waals surface area contributed by atoms with Crippen LogP contribution in [-0.4, -0.2) is 17.6 Å². The van der Waals surface area contributed by atoms with E-state index in [0.717, 1.165) is 5.49 Å². The largest absolute Gasteiger partial charge is 0.758 e. The van der Waals surface area contributed by atoms with Crippen molar-refractivity contribution in [2.45, 2.75) is 0 Å². The van der Waals surface area contributed by atoms with E-state index in [4.69, 9.17) is 0 Å². The summed E-state index contributed by atoms with van der Waals surface area (Å²) < 4.78 is 0. The number of hydrogen-bond donors (Lipinski definition) is 0. The third kappa shape index (κ3) is 3.85. The van der Waals surface area contributed by atoms with Gasteiger partial charge >= 0.3 is 0 Å². The van der Waals surface area contributed by atoms with Crippen LogP contribution in [0.5, 0.6) is 0 Å². The number of hydroxylamine groups is 2. The lowest BCUT2D eigenvalue weighted by Gasteiger charge is -2.14. The molecule has 0 amide bonds. The molecule has 0 radical (unpaired) electrons. The van der Waals surface area contributed by atoms with Crippen molar-refractivity contribution >= 4 is 17.7 Å². The Morgan fingerprint density at radius 2 is 2.20 bits per heavy atom. The maximum Gasteiger partial charge on any atom is 0.0531 e. The van der Waals surface area contributed by atoms with E-state index < -0.39 is 0 Å². The molecule has 0 aromatic rings. The molecule has 0 saturated heterocycles. The van der Waals surface area contributed by atoms with Crippen LogP contribution in [0.3, 0.4) is 0 Å². The Hall–Kier alpha value is -0.150. The third-order valence-electron chi connectivity index (χ3n) is 0.148. The van der Waals surface area contributed by atoms with E-state index in [2.05, 4.69) is 12.2 Å². The van der Waals surface area contributed by atoms with Gasteiger partial charge in [-0.2, -0.15) is 0 Å². The highest BCUT2D eigenvalue weighted by molar-refractivity contribution is 7.78. The molecule has 0 saturated carbocycles. The Morgan fingerprint density at radius 1 is 2.00 bits per heavy atom. The molecule has 5 heavy (non-hydrogen) atoms. The predicted molar refractivity (Wildman–Crippen MR) is 24.8 cm³/mol. The van der Waals surface area contributed by atoms with Crippen molar-refractivity contribution in [3.63, 3.8) is 0 Å². The van der Waals surface area contributed by atoms with Gasteiger partial charge in [-0.05, 0) is 7.05 Å². The molecule has 2 nitrogen and oxygen atoms in total.